The van der Waals surface area contributed by atoms with Gasteiger partial charge in [-0.2, -0.15) is 0 Å². The first-order valence-corrected chi connectivity index (χ1v) is 6.68. The van der Waals surface area contributed by atoms with Crippen LogP contribution in [0.15, 0.2) is 0 Å². The number of hydrogen-bond donors (Lipinski definition) is 2. The molecule has 0 bridgehead atoms. The molecule has 0 aromatic rings. The predicted molar refractivity (Wildman–Crippen MR) is 71.0 cm³/mol. The van der Waals surface area contributed by atoms with Gasteiger partial charge in [0.25, 0.3) is 5.91 Å². The molecule has 7 nitrogen and oxygen atoms in total. The molecule has 0 saturated carbocycles. The third-order valence-corrected chi connectivity index (χ3v) is 2.74. The number of alkyl carbamates (subject to hydrolysis) is 1. The van der Waals surface area contributed by atoms with Gasteiger partial charge < -0.3 is 14.8 Å². The highest BCUT2D eigenvalue weighted by Gasteiger charge is 2.50. The summed E-state index contributed by atoms with van der Waals surface area (Å²) in [6.45, 7) is 7.33. The van der Waals surface area contributed by atoms with Gasteiger partial charge in [0.2, 0.25) is 5.54 Å². The smallest absolute Gasteiger partial charge is 0.408 e. The van der Waals surface area contributed by atoms with Gasteiger partial charge in [-0.25, -0.2) is 9.59 Å². The summed E-state index contributed by atoms with van der Waals surface area (Å²) in [7, 11) is 0. The summed E-state index contributed by atoms with van der Waals surface area (Å²) >= 11 is 0. The number of ether oxygens (including phenoxy) is 2. The monoisotopic (exact) mass is 286 g/mol. The largest absolute Gasteiger partial charge is 0.464 e. The molecule has 0 aliphatic carbocycles. The summed E-state index contributed by atoms with van der Waals surface area (Å²) in [5.74, 6) is -1.32. The van der Waals surface area contributed by atoms with Gasteiger partial charge in [0.1, 0.15) is 5.60 Å². The fraction of sp³-hybridized carbons (Fsp3) is 0.769. The van der Waals surface area contributed by atoms with Crippen LogP contribution in [0, 0.1) is 0 Å². The molecule has 0 aromatic carbocycles. The molecule has 0 spiro atoms. The molecule has 20 heavy (non-hydrogen) atoms. The fourth-order valence-electron chi connectivity index (χ4n) is 1.92. The molecule has 0 radical (unpaired) electrons. The Balaban J connectivity index is 2.91. The van der Waals surface area contributed by atoms with E-state index >= 15 is 0 Å². The van der Waals surface area contributed by atoms with Crippen LogP contribution in [-0.2, 0) is 19.1 Å². The van der Waals surface area contributed by atoms with Gasteiger partial charge in [-0.1, -0.05) is 0 Å². The highest BCUT2D eigenvalue weighted by molar-refractivity contribution is 6.10. The minimum Gasteiger partial charge on any atom is -0.464 e. The van der Waals surface area contributed by atoms with E-state index in [0.717, 1.165) is 0 Å². The molecule has 1 aliphatic heterocycles. The van der Waals surface area contributed by atoms with Gasteiger partial charge in [-0.3, -0.25) is 10.1 Å². The van der Waals surface area contributed by atoms with Gasteiger partial charge in [0.15, 0.2) is 0 Å². The van der Waals surface area contributed by atoms with Crippen molar-refractivity contribution in [3.8, 4) is 0 Å². The zero-order chi connectivity index (χ0) is 15.4. The summed E-state index contributed by atoms with van der Waals surface area (Å²) < 4.78 is 10.0. The molecule has 2 amide bonds. The highest BCUT2D eigenvalue weighted by Crippen LogP contribution is 2.20. The van der Waals surface area contributed by atoms with Crippen molar-refractivity contribution in [1.82, 2.24) is 10.6 Å². The molecule has 0 aromatic heterocycles. The Labute approximate surface area is 118 Å². The Morgan fingerprint density at radius 2 is 2.05 bits per heavy atom. The Morgan fingerprint density at radius 3 is 2.55 bits per heavy atom. The number of hydrogen-bond acceptors (Lipinski definition) is 5. The summed E-state index contributed by atoms with van der Waals surface area (Å²) in [6.07, 6.45) is -0.0559. The van der Waals surface area contributed by atoms with Crippen LogP contribution in [-0.4, -0.2) is 42.3 Å². The van der Waals surface area contributed by atoms with Crippen molar-refractivity contribution < 1.29 is 23.9 Å². The molecule has 1 fully saturated rings. The predicted octanol–water partition coefficient (Wildman–Crippen LogP) is 0.723. The molecule has 7 heteroatoms. The number of carbonyl (C=O) groups excluding carboxylic acids is 3. The maximum Gasteiger partial charge on any atom is 0.408 e. The molecule has 1 unspecified atom stereocenters. The average Bonchev–Trinajstić information content (AvgIpc) is 2.30. The fourth-order valence-corrected chi connectivity index (χ4v) is 1.92. The van der Waals surface area contributed by atoms with Crippen LogP contribution in [0.4, 0.5) is 4.79 Å². The third kappa shape index (κ3) is 3.85. The van der Waals surface area contributed by atoms with Crippen molar-refractivity contribution in [3.05, 3.63) is 0 Å². The van der Waals surface area contributed by atoms with Crippen LogP contribution in [0.25, 0.3) is 0 Å². The lowest BCUT2D eigenvalue weighted by atomic mass is 9.89. The average molecular weight is 286 g/mol. The van der Waals surface area contributed by atoms with E-state index in [1.54, 1.807) is 27.7 Å². The van der Waals surface area contributed by atoms with Crippen molar-refractivity contribution in [2.45, 2.75) is 51.7 Å². The number of rotatable bonds is 3. The van der Waals surface area contributed by atoms with Crippen molar-refractivity contribution >= 4 is 18.0 Å². The number of carbonyl (C=O) groups is 3. The second-order valence-corrected chi connectivity index (χ2v) is 5.61. The number of nitrogens with one attached hydrogen (secondary N) is 2. The number of esters is 1. The lowest BCUT2D eigenvalue weighted by Crippen LogP contribution is -2.67. The zero-order valence-corrected chi connectivity index (χ0v) is 12.4. The number of piperidine rings is 1. The summed E-state index contributed by atoms with van der Waals surface area (Å²) in [5, 5.41) is 4.95. The molecule has 1 saturated heterocycles. The highest BCUT2D eigenvalue weighted by atomic mass is 16.6. The van der Waals surface area contributed by atoms with E-state index in [9.17, 15) is 14.4 Å². The maximum atomic E-state index is 12.1. The topological polar surface area (TPSA) is 93.7 Å². The van der Waals surface area contributed by atoms with E-state index in [0.29, 0.717) is 13.0 Å². The first-order chi connectivity index (χ1) is 9.21. The molecule has 1 heterocycles. The molecule has 1 atom stereocenters. The van der Waals surface area contributed by atoms with E-state index in [4.69, 9.17) is 9.47 Å². The van der Waals surface area contributed by atoms with Crippen molar-refractivity contribution in [2.24, 2.45) is 0 Å². The maximum absolute atomic E-state index is 12.1. The van der Waals surface area contributed by atoms with E-state index in [2.05, 4.69) is 10.6 Å². The minimum absolute atomic E-state index is 0.129. The zero-order valence-electron chi connectivity index (χ0n) is 12.4. The van der Waals surface area contributed by atoms with E-state index < -0.39 is 29.1 Å². The lowest BCUT2D eigenvalue weighted by Gasteiger charge is -2.34. The third-order valence-electron chi connectivity index (χ3n) is 2.74. The van der Waals surface area contributed by atoms with Crippen molar-refractivity contribution in [2.75, 3.05) is 13.2 Å². The van der Waals surface area contributed by atoms with Crippen LogP contribution in [0.2, 0.25) is 0 Å². The Hall–Kier alpha value is -1.79. The van der Waals surface area contributed by atoms with Crippen LogP contribution in [0.1, 0.15) is 40.5 Å². The Bertz CT molecular complexity index is 402. The SMILES string of the molecule is CCOC(=O)C1(NC(=O)OC(C)(C)C)CCCNC1=O. The quantitative estimate of drug-likeness (QED) is 0.589. The van der Waals surface area contributed by atoms with Gasteiger partial charge in [-0.15, -0.1) is 0 Å². The molecular weight excluding hydrogens is 264 g/mol. The normalized spacial score (nSPS) is 22.7. The van der Waals surface area contributed by atoms with Crippen molar-refractivity contribution in [1.29, 1.82) is 0 Å². The standard InChI is InChI=1S/C13H22N2O5/c1-5-19-10(17)13(7-6-8-14-9(13)16)15-11(18)20-12(2,3)4/h5-8H2,1-4H3,(H,14,16)(H,15,18). The van der Waals surface area contributed by atoms with E-state index in [-0.39, 0.29) is 13.0 Å². The van der Waals surface area contributed by atoms with E-state index in [1.165, 1.54) is 0 Å². The molecule has 2 N–H and O–H groups in total. The molecule has 114 valence electrons. The van der Waals surface area contributed by atoms with Crippen LogP contribution >= 0.6 is 0 Å². The van der Waals surface area contributed by atoms with Gasteiger partial charge in [-0.05, 0) is 40.5 Å². The second kappa shape index (κ2) is 6.11. The Morgan fingerprint density at radius 1 is 1.40 bits per heavy atom. The first-order valence-electron chi connectivity index (χ1n) is 6.68. The Kier molecular flexibility index (Phi) is 4.97. The summed E-state index contributed by atoms with van der Waals surface area (Å²) in [4.78, 5) is 36.0. The van der Waals surface area contributed by atoms with Crippen molar-refractivity contribution in [3.63, 3.8) is 0 Å². The van der Waals surface area contributed by atoms with Crippen LogP contribution < -0.4 is 10.6 Å². The van der Waals surface area contributed by atoms with Gasteiger partial charge in [0, 0.05) is 6.54 Å². The first kappa shape index (κ1) is 16.3. The molecule has 1 rings (SSSR count). The lowest BCUT2D eigenvalue weighted by molar-refractivity contribution is -0.157. The summed E-state index contributed by atoms with van der Waals surface area (Å²) in [6, 6.07) is 0. The number of amides is 2. The molecular formula is C13H22N2O5. The van der Waals surface area contributed by atoms with Gasteiger partial charge >= 0.3 is 12.1 Å². The molecule has 1 aliphatic rings. The van der Waals surface area contributed by atoms with Crippen LogP contribution in [0.5, 0.6) is 0 Å². The van der Waals surface area contributed by atoms with E-state index in [1.807, 2.05) is 0 Å². The second-order valence-electron chi connectivity index (χ2n) is 5.61. The van der Waals surface area contributed by atoms with Gasteiger partial charge in [0.05, 0.1) is 6.61 Å². The summed E-state index contributed by atoms with van der Waals surface area (Å²) in [5.41, 5.74) is -2.42. The van der Waals surface area contributed by atoms with Crippen LogP contribution in [0.3, 0.4) is 0 Å². The minimum atomic E-state index is -1.70.